The number of aliphatic hydroxyl groups is 4. The number of ether oxygens (including phenoxy) is 2. The quantitative estimate of drug-likeness (QED) is 0.152. The van der Waals surface area contributed by atoms with E-state index in [9.17, 15) is 55.2 Å². The Labute approximate surface area is 221 Å². The number of rotatable bonds is 8. The van der Waals surface area contributed by atoms with Gasteiger partial charge in [0, 0.05) is 24.7 Å². The molecule has 4 rings (SSSR count). The lowest BCUT2D eigenvalue weighted by Gasteiger charge is -2.39. The number of hydrogen-bond acceptors (Lipinski definition) is 12. The monoisotopic (exact) mass is 554 g/mol. The second-order valence-corrected chi connectivity index (χ2v) is 9.69. The van der Waals surface area contributed by atoms with Crippen LogP contribution in [0.5, 0.6) is 11.5 Å². The fraction of sp³-hybridized carbons (Fsp3) is 0.542. The first kappa shape index (κ1) is 28.5. The predicted molar refractivity (Wildman–Crippen MR) is 128 cm³/mol. The van der Waals surface area contributed by atoms with Crippen LogP contribution in [-0.2, 0) is 25.5 Å². The molecule has 3 aliphatic rings. The number of nitrogens with one attached hydrogen (secondary N) is 1. The minimum absolute atomic E-state index is 0.00375. The van der Waals surface area contributed by atoms with E-state index in [1.54, 1.807) is 6.08 Å². The van der Waals surface area contributed by atoms with Crippen LogP contribution in [0, 0.1) is 0 Å². The largest absolute Gasteiger partial charge is 0.504 e. The van der Waals surface area contributed by atoms with Crippen LogP contribution in [-0.4, -0.2) is 121 Å². The van der Waals surface area contributed by atoms with Gasteiger partial charge < -0.3 is 55.2 Å². The molecule has 1 aromatic carbocycles. The summed E-state index contributed by atoms with van der Waals surface area (Å²) in [5.41, 5.74) is 1.32. The van der Waals surface area contributed by atoms with E-state index in [-0.39, 0.29) is 31.6 Å². The van der Waals surface area contributed by atoms with Crippen LogP contribution >= 0.6 is 0 Å². The van der Waals surface area contributed by atoms with E-state index in [0.717, 1.165) is 0 Å². The van der Waals surface area contributed by atoms with E-state index in [2.05, 4.69) is 5.32 Å². The van der Waals surface area contributed by atoms with Gasteiger partial charge in [0.25, 0.3) is 0 Å². The van der Waals surface area contributed by atoms with Crippen LogP contribution in [0.1, 0.15) is 18.4 Å². The molecule has 0 aliphatic carbocycles. The van der Waals surface area contributed by atoms with Gasteiger partial charge in [-0.15, -0.1) is 0 Å². The molecule has 0 bridgehead atoms. The number of carbonyl (C=O) groups is 3. The van der Waals surface area contributed by atoms with Crippen molar-refractivity contribution in [3.8, 4) is 11.5 Å². The van der Waals surface area contributed by atoms with Gasteiger partial charge in [0.2, 0.25) is 6.29 Å². The molecule has 0 saturated carbocycles. The number of phenolic OH excluding ortho intramolecular Hbond substituents is 1. The lowest BCUT2D eigenvalue weighted by Crippen LogP contribution is -2.60. The number of carboxylic acids is 3. The molecular formula is C24H30N2O13. The minimum atomic E-state index is -1.72. The highest BCUT2D eigenvalue weighted by atomic mass is 16.7. The van der Waals surface area contributed by atoms with Crippen LogP contribution in [0.25, 0.3) is 0 Å². The van der Waals surface area contributed by atoms with Crippen LogP contribution < -0.4 is 15.0 Å². The van der Waals surface area contributed by atoms with Crippen LogP contribution in [0.4, 0.5) is 5.69 Å². The molecule has 2 saturated heterocycles. The molecular weight excluding hydrogens is 524 g/mol. The molecule has 3 heterocycles. The van der Waals surface area contributed by atoms with Crippen LogP contribution in [0.3, 0.4) is 0 Å². The molecule has 0 spiro atoms. The number of piperidine rings is 1. The van der Waals surface area contributed by atoms with Crippen molar-refractivity contribution in [1.82, 2.24) is 5.32 Å². The zero-order valence-corrected chi connectivity index (χ0v) is 20.5. The highest BCUT2D eigenvalue weighted by Gasteiger charge is 2.45. The summed E-state index contributed by atoms with van der Waals surface area (Å²) < 4.78 is 10.8. The van der Waals surface area contributed by atoms with E-state index < -0.39 is 79.1 Å². The number of anilines is 1. The first-order valence-electron chi connectivity index (χ1n) is 12.1. The van der Waals surface area contributed by atoms with Crippen molar-refractivity contribution in [3.63, 3.8) is 0 Å². The van der Waals surface area contributed by atoms with Gasteiger partial charge in [-0.05, 0) is 24.5 Å². The van der Waals surface area contributed by atoms with Gasteiger partial charge in [-0.3, -0.25) is 14.9 Å². The average Bonchev–Trinajstić information content (AvgIpc) is 3.24. The van der Waals surface area contributed by atoms with E-state index in [4.69, 9.17) is 9.47 Å². The minimum Gasteiger partial charge on any atom is -0.504 e. The molecule has 39 heavy (non-hydrogen) atoms. The molecule has 9 N–H and O–H groups in total. The summed E-state index contributed by atoms with van der Waals surface area (Å²) in [6.07, 6.45) is -6.16. The highest BCUT2D eigenvalue weighted by Crippen LogP contribution is 2.41. The smallest absolute Gasteiger partial charge is 0.326 e. The second-order valence-electron chi connectivity index (χ2n) is 9.69. The lowest BCUT2D eigenvalue weighted by atomic mass is 9.92. The first-order valence-corrected chi connectivity index (χ1v) is 12.1. The Morgan fingerprint density at radius 2 is 1.62 bits per heavy atom. The Morgan fingerprint density at radius 1 is 0.974 bits per heavy atom. The Morgan fingerprint density at radius 3 is 2.18 bits per heavy atom. The first-order chi connectivity index (χ1) is 18.4. The third-order valence-electron chi connectivity index (χ3n) is 7.14. The number of hydrogen-bond donors (Lipinski definition) is 9. The molecule has 0 radical (unpaired) electrons. The topological polar surface area (TPSA) is 247 Å². The maximum atomic E-state index is 12.0. The van der Waals surface area contributed by atoms with Gasteiger partial charge in [-0.2, -0.15) is 0 Å². The molecule has 0 amide bonds. The van der Waals surface area contributed by atoms with Crippen molar-refractivity contribution < 1.29 is 64.7 Å². The summed E-state index contributed by atoms with van der Waals surface area (Å²) in [6.45, 7) is -0.688. The third-order valence-corrected chi connectivity index (χ3v) is 7.14. The summed E-state index contributed by atoms with van der Waals surface area (Å²) >= 11 is 0. The molecule has 15 heteroatoms. The molecule has 1 aromatic rings. The summed E-state index contributed by atoms with van der Waals surface area (Å²) in [5, 5.41) is 81.2. The number of aliphatic hydroxyl groups excluding tert-OH is 4. The van der Waals surface area contributed by atoms with E-state index in [1.807, 2.05) is 0 Å². The van der Waals surface area contributed by atoms with Crippen molar-refractivity contribution in [2.75, 3.05) is 18.1 Å². The number of carboxylic acid groups (broad SMARTS) is 3. The van der Waals surface area contributed by atoms with Crippen LogP contribution in [0.2, 0.25) is 0 Å². The molecule has 3 unspecified atom stereocenters. The van der Waals surface area contributed by atoms with E-state index in [1.165, 1.54) is 17.0 Å². The number of nitrogens with zero attached hydrogens (tertiary/aromatic N) is 1. The summed E-state index contributed by atoms with van der Waals surface area (Å²) in [6, 6.07) is -0.693. The van der Waals surface area contributed by atoms with Crippen molar-refractivity contribution in [2.45, 2.75) is 68.1 Å². The van der Waals surface area contributed by atoms with Gasteiger partial charge in [-0.25, -0.2) is 4.79 Å². The molecule has 3 aliphatic heterocycles. The molecule has 2 fully saturated rings. The second kappa shape index (κ2) is 11.3. The van der Waals surface area contributed by atoms with Crippen molar-refractivity contribution in [2.24, 2.45) is 0 Å². The predicted octanol–water partition coefficient (Wildman–Crippen LogP) is -2.40. The fourth-order valence-electron chi connectivity index (χ4n) is 5.03. The SMILES string of the molecule is O=C(O)C1CC(=CCN2c3cc(O)c(O[C@@H]4O[C@H](CO)[C@H](O)[C@H](O)[C@H]4O)cc3CC2C(=O)O)CC(C(=O)O)N1. The molecule has 0 aromatic heterocycles. The standard InChI is InChI=1S/C24H30N2O13/c27-8-17-18(29)19(30)20(31)24(39-17)38-16-6-10-5-14(23(36)37)26(13(10)7-15(16)28)2-1-9-3-11(21(32)33)25-12(4-9)22(34)35/h1,6-7,11-12,14,17-20,24-25,27-31H,2-5,8H2,(H,32,33)(H,34,35)(H,36,37)/t11?,12?,14?,17-,18+,19+,20-,24-/m1/s1. The average molecular weight is 555 g/mol. The van der Waals surface area contributed by atoms with Crippen molar-refractivity contribution >= 4 is 23.6 Å². The number of aromatic hydroxyl groups is 1. The normalized spacial score (nSPS) is 32.4. The fourth-order valence-corrected chi connectivity index (χ4v) is 5.03. The number of phenols is 1. The van der Waals surface area contributed by atoms with Crippen molar-refractivity contribution in [3.05, 3.63) is 29.3 Å². The van der Waals surface area contributed by atoms with Gasteiger partial charge >= 0.3 is 17.9 Å². The number of aliphatic carboxylic acids is 3. The van der Waals surface area contributed by atoms with Crippen molar-refractivity contribution in [1.29, 1.82) is 0 Å². The summed E-state index contributed by atoms with van der Waals surface area (Å²) in [5.74, 6) is -4.24. The summed E-state index contributed by atoms with van der Waals surface area (Å²) in [4.78, 5) is 36.4. The number of benzene rings is 1. The maximum absolute atomic E-state index is 12.0. The zero-order valence-electron chi connectivity index (χ0n) is 20.5. The van der Waals surface area contributed by atoms with Gasteiger partial charge in [0.15, 0.2) is 11.5 Å². The van der Waals surface area contributed by atoms with Crippen LogP contribution in [0.15, 0.2) is 23.8 Å². The third kappa shape index (κ3) is 5.78. The Balaban J connectivity index is 1.57. The maximum Gasteiger partial charge on any atom is 0.326 e. The van der Waals surface area contributed by atoms with Gasteiger partial charge in [0.05, 0.1) is 6.61 Å². The van der Waals surface area contributed by atoms with E-state index in [0.29, 0.717) is 16.8 Å². The lowest BCUT2D eigenvalue weighted by molar-refractivity contribution is -0.277. The van der Waals surface area contributed by atoms with Gasteiger partial charge in [0.1, 0.15) is 42.5 Å². The zero-order chi connectivity index (χ0) is 28.6. The Kier molecular flexibility index (Phi) is 8.29. The summed E-state index contributed by atoms with van der Waals surface area (Å²) in [7, 11) is 0. The highest BCUT2D eigenvalue weighted by molar-refractivity contribution is 5.83. The Hall–Kier alpha value is -3.47. The number of fused-ring (bicyclic) bond motifs is 1. The van der Waals surface area contributed by atoms with E-state index >= 15 is 0 Å². The van der Waals surface area contributed by atoms with Gasteiger partial charge in [-0.1, -0.05) is 11.6 Å². The molecule has 15 nitrogen and oxygen atoms in total. The molecule has 8 atom stereocenters. The molecule has 214 valence electrons. The Bertz CT molecular complexity index is 1130.